The van der Waals surface area contributed by atoms with Gasteiger partial charge in [0.1, 0.15) is 57.9 Å². The number of aryl methyl sites for hydroxylation is 4. The maximum Gasteiger partial charge on any atom is 0.224 e. The standard InChI is InChI=1S/3C21H21F2NO3.C20H21FN2O3/c1-12-3-5-13(6-4-12)7-15(25)10-16-17(11-24-21(16)26)14-8-18(22)20(27-2)19(23)9-14;1-12-3-5-13(6-4-12)7-14(25)8-16-17(11-24-21(16)26)15-9-19(23)20(27-2)10-18(15)22;1-12-3-5-13(6-4-12)7-14(25)8-16-17(11-24-21(16)26)20-18(22)9-15(27-2)10-19(20)23;1-12-3-5-13(6-4-12)7-14(24)8-16-17(11-23-20(16)25)19-18(21)9-15(26-2)10-22-19/h3-6,8-9,16-17H,7,10-11H2,1-2H3,(H,24,26);2*3-6,9-10,16-17H,7-8,11H2,1-2H3,(H,24,26);3-6,9-10,16-17H,7-8,11H2,1-2H3,(H,23,25)/t2*16-,17-;2*16-,17+/m0000/s1. The van der Waals surface area contributed by atoms with E-state index in [0.29, 0.717) is 11.3 Å². The summed E-state index contributed by atoms with van der Waals surface area (Å²) in [5, 5.41) is 10.7. The molecular weight excluding hydrogens is 1390 g/mol. The van der Waals surface area contributed by atoms with Gasteiger partial charge in [0, 0.05) is 131 Å². The molecule has 1 aromatic heterocycles. The molecule has 8 aromatic rings. The summed E-state index contributed by atoms with van der Waals surface area (Å²) in [6.45, 7) is 8.65. The number of ether oxygens (including phenoxy) is 4. The van der Waals surface area contributed by atoms with Crippen LogP contribution >= 0.6 is 0 Å². The highest BCUT2D eigenvalue weighted by molar-refractivity contribution is 5.93. The van der Waals surface area contributed by atoms with Crippen molar-refractivity contribution in [2.24, 2.45) is 23.7 Å². The second kappa shape index (κ2) is 36.8. The van der Waals surface area contributed by atoms with E-state index in [4.69, 9.17) is 18.9 Å². The molecule has 4 amide bonds. The van der Waals surface area contributed by atoms with E-state index in [2.05, 4.69) is 26.3 Å². The molecule has 4 fully saturated rings. The van der Waals surface area contributed by atoms with Crippen LogP contribution < -0.4 is 40.2 Å². The Bertz CT molecular complexity index is 4520. The van der Waals surface area contributed by atoms with Crippen LogP contribution in [0.1, 0.15) is 116 Å². The van der Waals surface area contributed by atoms with Gasteiger partial charge in [-0.05, 0) is 79.3 Å². The molecule has 8 atom stereocenters. The van der Waals surface area contributed by atoms with Crippen LogP contribution in [0.3, 0.4) is 0 Å². The molecule has 4 aliphatic heterocycles. The van der Waals surface area contributed by atoms with Gasteiger partial charge in [0.2, 0.25) is 23.6 Å². The quantitative estimate of drug-likeness (QED) is 0.0413. The van der Waals surface area contributed by atoms with Crippen LogP contribution in [-0.2, 0) is 64.0 Å². The summed E-state index contributed by atoms with van der Waals surface area (Å²) in [5.74, 6) is -11.9. The minimum atomic E-state index is -0.823. The Morgan fingerprint density at radius 2 is 0.720 bits per heavy atom. The molecule has 0 saturated carbocycles. The number of hydrogen-bond acceptors (Lipinski definition) is 13. The van der Waals surface area contributed by atoms with Crippen molar-refractivity contribution in [3.8, 4) is 23.0 Å². The highest BCUT2D eigenvalue weighted by atomic mass is 19.2. The molecule has 5 heterocycles. The summed E-state index contributed by atoms with van der Waals surface area (Å²) < 4.78 is 119. The molecule has 4 N–H and O–H groups in total. The summed E-state index contributed by atoms with van der Waals surface area (Å²) in [5.41, 5.74) is 8.35. The Balaban J connectivity index is 0.000000165. The Labute approximate surface area is 615 Å². The third-order valence-electron chi connectivity index (χ3n) is 19.6. The molecular formula is C83H84F7N5O12. The highest BCUT2D eigenvalue weighted by Gasteiger charge is 2.43. The van der Waals surface area contributed by atoms with Crippen molar-refractivity contribution in [1.29, 1.82) is 0 Å². The number of methoxy groups -OCH3 is 4. The average molecular weight is 1480 g/mol. The van der Waals surface area contributed by atoms with E-state index in [0.717, 1.165) is 68.8 Å². The Morgan fingerprint density at radius 3 is 1.09 bits per heavy atom. The number of pyridine rings is 1. The number of benzene rings is 7. The van der Waals surface area contributed by atoms with E-state index in [-0.39, 0.29) is 153 Å². The van der Waals surface area contributed by atoms with Gasteiger partial charge in [0.25, 0.3) is 0 Å². The van der Waals surface area contributed by atoms with Gasteiger partial charge in [-0.2, -0.15) is 0 Å². The zero-order chi connectivity index (χ0) is 77.3. The van der Waals surface area contributed by atoms with Crippen LogP contribution in [0.15, 0.2) is 146 Å². The molecule has 12 rings (SSSR count). The van der Waals surface area contributed by atoms with Gasteiger partial charge >= 0.3 is 0 Å². The monoisotopic (exact) mass is 1480 g/mol. The molecule has 107 heavy (non-hydrogen) atoms. The summed E-state index contributed by atoms with van der Waals surface area (Å²) in [6, 6.07) is 38.3. The topological polar surface area (TPSA) is 234 Å². The van der Waals surface area contributed by atoms with E-state index in [1.54, 1.807) is 0 Å². The first-order valence-electron chi connectivity index (χ1n) is 34.8. The lowest BCUT2D eigenvalue weighted by atomic mass is 9.84. The second-order valence-corrected chi connectivity index (χ2v) is 27.2. The molecule has 0 spiro atoms. The van der Waals surface area contributed by atoms with Gasteiger partial charge in [-0.15, -0.1) is 0 Å². The molecule has 7 aromatic carbocycles. The molecule has 4 aliphatic rings. The Morgan fingerprint density at radius 1 is 0.374 bits per heavy atom. The summed E-state index contributed by atoms with van der Waals surface area (Å²) in [6.07, 6.45) is 2.31. The van der Waals surface area contributed by atoms with E-state index in [9.17, 15) is 69.1 Å². The van der Waals surface area contributed by atoms with Crippen molar-refractivity contribution >= 4 is 46.8 Å². The van der Waals surface area contributed by atoms with Crippen LogP contribution in [-0.4, -0.2) is 106 Å². The number of rotatable bonds is 24. The smallest absolute Gasteiger partial charge is 0.224 e. The Kier molecular flexibility index (Phi) is 27.5. The number of ketones is 4. The van der Waals surface area contributed by atoms with Crippen LogP contribution in [0, 0.1) is 92.1 Å². The molecule has 0 bridgehead atoms. The first kappa shape index (κ1) is 80.1. The van der Waals surface area contributed by atoms with Crippen LogP contribution in [0.5, 0.6) is 23.0 Å². The highest BCUT2D eigenvalue weighted by Crippen LogP contribution is 2.40. The number of halogens is 7. The molecule has 0 unspecified atom stereocenters. The zero-order valence-corrected chi connectivity index (χ0v) is 60.5. The minimum Gasteiger partial charge on any atom is -0.497 e. The summed E-state index contributed by atoms with van der Waals surface area (Å²) in [4.78, 5) is 103. The maximum absolute atomic E-state index is 14.4. The van der Waals surface area contributed by atoms with Crippen LogP contribution in [0.2, 0.25) is 0 Å². The third-order valence-corrected chi connectivity index (χ3v) is 19.6. The number of Topliss-reactive ketones (excluding diaryl/α,β-unsaturated/α-hetero) is 4. The number of aromatic nitrogens is 1. The van der Waals surface area contributed by atoms with Crippen molar-refractivity contribution in [2.75, 3.05) is 54.6 Å². The van der Waals surface area contributed by atoms with Gasteiger partial charge in [0.05, 0.1) is 64.0 Å². The first-order chi connectivity index (χ1) is 51.1. The second-order valence-electron chi connectivity index (χ2n) is 27.2. The van der Waals surface area contributed by atoms with Crippen molar-refractivity contribution in [3.05, 3.63) is 253 Å². The minimum absolute atomic E-state index is 0.0164. The van der Waals surface area contributed by atoms with Gasteiger partial charge in [-0.3, -0.25) is 43.3 Å². The molecule has 0 aliphatic carbocycles. The fourth-order valence-corrected chi connectivity index (χ4v) is 13.7. The number of hydrogen-bond donors (Lipinski definition) is 4. The SMILES string of the molecule is COc1c(F)cc([C@@H]2CNC(=O)[C@H]2CC(=O)Cc2ccc(C)cc2)cc1F.COc1cc(F)c([C@@H]2CNC(=O)[C@H]2CC(=O)Cc2ccc(C)cc2)c(F)c1.COc1cc(F)c([C@@H]2CNC(=O)[C@H]2CC(=O)Cc2ccc(C)cc2)cc1F.COc1cnc([C@@H]2CNC(=O)[C@H]2CC(=O)Cc2ccc(C)cc2)c(F)c1. The molecule has 0 radical (unpaired) electrons. The van der Waals surface area contributed by atoms with Crippen molar-refractivity contribution < 1.29 is 88.0 Å². The molecule has 4 saturated heterocycles. The number of carbonyl (C=O) groups is 8. The first-order valence-corrected chi connectivity index (χ1v) is 34.8. The molecule has 562 valence electrons. The van der Waals surface area contributed by atoms with Crippen molar-refractivity contribution in [2.45, 2.75) is 103 Å². The van der Waals surface area contributed by atoms with E-state index >= 15 is 0 Å². The normalized spacial score (nSPS) is 19.1. The summed E-state index contributed by atoms with van der Waals surface area (Å²) >= 11 is 0. The third kappa shape index (κ3) is 20.9. The van der Waals surface area contributed by atoms with Crippen LogP contribution in [0.25, 0.3) is 0 Å². The number of amides is 4. The lowest BCUT2D eigenvalue weighted by Crippen LogP contribution is -2.23. The van der Waals surface area contributed by atoms with Gasteiger partial charge in [-0.1, -0.05) is 119 Å². The lowest BCUT2D eigenvalue weighted by molar-refractivity contribution is -0.127. The largest absolute Gasteiger partial charge is 0.497 e. The number of carbonyl (C=O) groups excluding carboxylic acids is 8. The van der Waals surface area contributed by atoms with E-state index in [1.165, 1.54) is 52.8 Å². The predicted octanol–water partition coefficient (Wildman–Crippen LogP) is 12.5. The van der Waals surface area contributed by atoms with Gasteiger partial charge in [-0.25, -0.2) is 30.7 Å². The molecule has 17 nitrogen and oxygen atoms in total. The van der Waals surface area contributed by atoms with Gasteiger partial charge in [0.15, 0.2) is 29.0 Å². The van der Waals surface area contributed by atoms with Gasteiger partial charge < -0.3 is 40.2 Å². The summed E-state index contributed by atoms with van der Waals surface area (Å²) in [7, 11) is 5.20. The van der Waals surface area contributed by atoms with E-state index < -0.39 is 93.8 Å². The van der Waals surface area contributed by atoms with Crippen LogP contribution in [0.4, 0.5) is 30.7 Å². The zero-order valence-electron chi connectivity index (χ0n) is 60.5. The van der Waals surface area contributed by atoms with Crippen molar-refractivity contribution in [1.82, 2.24) is 26.3 Å². The Hall–Kier alpha value is -11.0. The average Bonchev–Trinajstić information content (AvgIpc) is 1.72. The number of nitrogens with zero attached hydrogens (tertiary/aromatic N) is 1. The molecule has 24 heteroatoms. The van der Waals surface area contributed by atoms with Crippen molar-refractivity contribution in [3.63, 3.8) is 0 Å². The maximum atomic E-state index is 14.4. The number of nitrogens with one attached hydrogen (secondary N) is 4. The fourth-order valence-electron chi connectivity index (χ4n) is 13.7. The lowest BCUT2D eigenvalue weighted by Gasteiger charge is -2.18. The predicted molar refractivity (Wildman–Crippen MR) is 384 cm³/mol. The van der Waals surface area contributed by atoms with E-state index in [1.807, 2.05) is 125 Å². The fraction of sp³-hybridized carbons (Fsp3) is 0.337.